The number of carbonyl (C=O) groups excluding carboxylic acids is 1. The van der Waals surface area contributed by atoms with Gasteiger partial charge in [0.2, 0.25) is 0 Å². The third kappa shape index (κ3) is 4.89. The van der Waals surface area contributed by atoms with Crippen molar-refractivity contribution in [1.82, 2.24) is 15.1 Å². The number of carbonyl (C=O) groups is 1. The molecule has 0 radical (unpaired) electrons. The van der Waals surface area contributed by atoms with Crippen LogP contribution in [0.2, 0.25) is 5.02 Å². The van der Waals surface area contributed by atoms with Gasteiger partial charge in [-0.25, -0.2) is 0 Å². The van der Waals surface area contributed by atoms with E-state index in [-0.39, 0.29) is 5.91 Å². The molecule has 0 saturated heterocycles. The van der Waals surface area contributed by atoms with Gasteiger partial charge in [-0.2, -0.15) is 5.10 Å². The Balaban J connectivity index is 1.54. The lowest BCUT2D eigenvalue weighted by Crippen LogP contribution is -2.23. The first-order valence-corrected chi connectivity index (χ1v) is 9.21. The molecule has 140 valence electrons. The summed E-state index contributed by atoms with van der Waals surface area (Å²) in [5, 5.41) is 7.87. The van der Waals surface area contributed by atoms with Gasteiger partial charge < -0.3 is 10.1 Å². The largest absolute Gasteiger partial charge is 0.489 e. The summed E-state index contributed by atoms with van der Waals surface area (Å²) >= 11 is 5.95. The molecule has 0 saturated carbocycles. The first kappa shape index (κ1) is 19.0. The predicted molar refractivity (Wildman–Crippen MR) is 106 cm³/mol. The lowest BCUT2D eigenvalue weighted by molar-refractivity contribution is 0.0951. The minimum absolute atomic E-state index is 0.110. The van der Waals surface area contributed by atoms with E-state index in [0.29, 0.717) is 29.5 Å². The Morgan fingerprint density at radius 1 is 1.22 bits per heavy atom. The topological polar surface area (TPSA) is 56.2 Å². The normalized spacial score (nSPS) is 10.6. The molecule has 0 atom stereocenters. The molecule has 0 aliphatic heterocycles. The molecular weight excluding hydrogens is 362 g/mol. The molecule has 1 heterocycles. The number of halogens is 1. The van der Waals surface area contributed by atoms with Gasteiger partial charge in [0, 0.05) is 34.9 Å². The average Bonchev–Trinajstić information content (AvgIpc) is 3.04. The molecule has 3 rings (SSSR count). The number of benzene rings is 2. The van der Waals surface area contributed by atoms with Crippen LogP contribution in [0.1, 0.15) is 34.1 Å². The van der Waals surface area contributed by atoms with Crippen molar-refractivity contribution in [2.75, 3.05) is 0 Å². The maximum absolute atomic E-state index is 12.3. The number of rotatable bonds is 7. The van der Waals surface area contributed by atoms with Crippen LogP contribution < -0.4 is 10.1 Å². The van der Waals surface area contributed by atoms with Gasteiger partial charge >= 0.3 is 0 Å². The van der Waals surface area contributed by atoms with Crippen LogP contribution in [0.3, 0.4) is 0 Å². The second kappa shape index (κ2) is 8.73. The molecule has 1 N–H and O–H groups in total. The zero-order valence-electron chi connectivity index (χ0n) is 15.4. The molecule has 0 bridgehead atoms. The van der Waals surface area contributed by atoms with E-state index in [9.17, 15) is 4.79 Å². The third-order valence-electron chi connectivity index (χ3n) is 4.36. The van der Waals surface area contributed by atoms with Crippen LogP contribution in [-0.2, 0) is 19.7 Å². The predicted octanol–water partition coefficient (Wildman–Crippen LogP) is 4.37. The molecule has 0 unspecified atom stereocenters. The van der Waals surface area contributed by atoms with Gasteiger partial charge in [-0.1, -0.05) is 29.8 Å². The minimum Gasteiger partial charge on any atom is -0.489 e. The lowest BCUT2D eigenvalue weighted by atomic mass is 10.1. The van der Waals surface area contributed by atoms with E-state index in [0.717, 1.165) is 23.4 Å². The monoisotopic (exact) mass is 383 g/mol. The van der Waals surface area contributed by atoms with Crippen molar-refractivity contribution in [3.63, 3.8) is 0 Å². The first-order chi connectivity index (χ1) is 13.1. The average molecular weight is 384 g/mol. The van der Waals surface area contributed by atoms with E-state index in [1.54, 1.807) is 30.5 Å². The van der Waals surface area contributed by atoms with Gasteiger partial charge in [0.1, 0.15) is 12.4 Å². The standard InChI is InChI=1S/C21H22ClN3O2/c1-3-25-15(2)18(13-24-25)12-23-21(26)17-9-7-16(8-10-17)14-27-20-6-4-5-19(22)11-20/h4-11,13H,3,12,14H2,1-2H3,(H,23,26). The molecule has 1 aromatic heterocycles. The Kier molecular flexibility index (Phi) is 6.14. The highest BCUT2D eigenvalue weighted by Crippen LogP contribution is 2.18. The van der Waals surface area contributed by atoms with Crippen LogP contribution in [0.15, 0.2) is 54.7 Å². The smallest absolute Gasteiger partial charge is 0.251 e. The van der Waals surface area contributed by atoms with Crippen molar-refractivity contribution in [3.8, 4) is 5.75 Å². The molecule has 5 nitrogen and oxygen atoms in total. The number of aromatic nitrogens is 2. The molecule has 6 heteroatoms. The van der Waals surface area contributed by atoms with Crippen molar-refractivity contribution in [1.29, 1.82) is 0 Å². The molecule has 3 aromatic rings. The van der Waals surface area contributed by atoms with Crippen LogP contribution >= 0.6 is 11.6 Å². The zero-order valence-corrected chi connectivity index (χ0v) is 16.2. The van der Waals surface area contributed by atoms with E-state index in [4.69, 9.17) is 16.3 Å². The second-order valence-corrected chi connectivity index (χ2v) is 6.63. The highest BCUT2D eigenvalue weighted by atomic mass is 35.5. The maximum Gasteiger partial charge on any atom is 0.251 e. The van der Waals surface area contributed by atoms with Crippen LogP contribution in [0.5, 0.6) is 5.75 Å². The van der Waals surface area contributed by atoms with Crippen molar-refractivity contribution in [2.45, 2.75) is 33.5 Å². The minimum atomic E-state index is -0.110. The van der Waals surface area contributed by atoms with Gasteiger partial charge in [0.15, 0.2) is 0 Å². The van der Waals surface area contributed by atoms with Gasteiger partial charge in [-0.3, -0.25) is 9.48 Å². The number of nitrogens with one attached hydrogen (secondary N) is 1. The van der Waals surface area contributed by atoms with E-state index >= 15 is 0 Å². The van der Waals surface area contributed by atoms with Crippen LogP contribution in [0.4, 0.5) is 0 Å². The van der Waals surface area contributed by atoms with Crippen molar-refractivity contribution < 1.29 is 9.53 Å². The number of nitrogens with zero attached hydrogens (tertiary/aromatic N) is 2. The highest BCUT2D eigenvalue weighted by molar-refractivity contribution is 6.30. The van der Waals surface area contributed by atoms with E-state index in [1.165, 1.54) is 0 Å². The number of amides is 1. The third-order valence-corrected chi connectivity index (χ3v) is 4.60. The Morgan fingerprint density at radius 3 is 2.67 bits per heavy atom. The summed E-state index contributed by atoms with van der Waals surface area (Å²) in [4.78, 5) is 12.3. The van der Waals surface area contributed by atoms with Crippen LogP contribution in [0.25, 0.3) is 0 Å². The van der Waals surface area contributed by atoms with Gasteiger partial charge in [-0.05, 0) is 49.7 Å². The highest BCUT2D eigenvalue weighted by Gasteiger charge is 2.09. The summed E-state index contributed by atoms with van der Waals surface area (Å²) in [6.45, 7) is 5.74. The Bertz CT molecular complexity index is 919. The van der Waals surface area contributed by atoms with E-state index in [1.807, 2.05) is 42.8 Å². The maximum atomic E-state index is 12.3. The van der Waals surface area contributed by atoms with Crippen LogP contribution in [-0.4, -0.2) is 15.7 Å². The SMILES string of the molecule is CCn1ncc(CNC(=O)c2ccc(COc3cccc(Cl)c3)cc2)c1C. The molecule has 27 heavy (non-hydrogen) atoms. The molecule has 2 aromatic carbocycles. The number of ether oxygens (including phenoxy) is 1. The summed E-state index contributed by atoms with van der Waals surface area (Å²) in [6, 6.07) is 14.7. The van der Waals surface area contributed by atoms with Gasteiger partial charge in [0.05, 0.1) is 6.20 Å². The van der Waals surface area contributed by atoms with Crippen molar-refractivity contribution in [2.24, 2.45) is 0 Å². The van der Waals surface area contributed by atoms with Crippen molar-refractivity contribution >= 4 is 17.5 Å². The number of aryl methyl sites for hydroxylation is 1. The second-order valence-electron chi connectivity index (χ2n) is 6.20. The fourth-order valence-electron chi connectivity index (χ4n) is 2.73. The summed E-state index contributed by atoms with van der Waals surface area (Å²) in [5.41, 5.74) is 3.69. The van der Waals surface area contributed by atoms with Crippen LogP contribution in [0, 0.1) is 6.92 Å². The summed E-state index contributed by atoms with van der Waals surface area (Å²) < 4.78 is 7.62. The quantitative estimate of drug-likeness (QED) is 0.659. The molecule has 0 spiro atoms. The Morgan fingerprint density at radius 2 is 2.00 bits per heavy atom. The first-order valence-electron chi connectivity index (χ1n) is 8.83. The fraction of sp³-hybridized carbons (Fsp3) is 0.238. The van der Waals surface area contributed by atoms with Crippen molar-refractivity contribution in [3.05, 3.63) is 82.1 Å². The molecule has 0 aliphatic carbocycles. The molecule has 1 amide bonds. The van der Waals surface area contributed by atoms with Gasteiger partial charge in [0.25, 0.3) is 5.91 Å². The zero-order chi connectivity index (χ0) is 19.2. The van der Waals surface area contributed by atoms with E-state index in [2.05, 4.69) is 10.4 Å². The molecule has 0 fully saturated rings. The summed E-state index contributed by atoms with van der Waals surface area (Å²) in [6.07, 6.45) is 1.80. The molecular formula is C21H22ClN3O2. The summed E-state index contributed by atoms with van der Waals surface area (Å²) in [5.74, 6) is 0.605. The van der Waals surface area contributed by atoms with Gasteiger partial charge in [-0.15, -0.1) is 0 Å². The fourth-order valence-corrected chi connectivity index (χ4v) is 2.91. The summed E-state index contributed by atoms with van der Waals surface area (Å²) in [7, 11) is 0. The Labute approximate surface area is 163 Å². The molecule has 0 aliphatic rings. The number of hydrogen-bond acceptors (Lipinski definition) is 3. The Hall–Kier alpha value is -2.79. The number of hydrogen-bond donors (Lipinski definition) is 1. The van der Waals surface area contributed by atoms with E-state index < -0.39 is 0 Å². The lowest BCUT2D eigenvalue weighted by Gasteiger charge is -2.08.